The average molecular weight is 268 g/mol. The second-order valence-corrected chi connectivity index (χ2v) is 4.69. The molecule has 1 aromatic carbocycles. The van der Waals surface area contributed by atoms with E-state index in [1.54, 1.807) is 7.05 Å². The fraction of sp³-hybridized carbons (Fsp3) is 0.188. The number of allylic oxidation sites excluding steroid dienone is 5. The van der Waals surface area contributed by atoms with Crippen LogP contribution in [0.15, 0.2) is 52.7 Å². The molecule has 20 heavy (non-hydrogen) atoms. The molecule has 1 aromatic rings. The van der Waals surface area contributed by atoms with Crippen LogP contribution in [0.3, 0.4) is 0 Å². The molecule has 4 heteroatoms. The quantitative estimate of drug-likeness (QED) is 0.852. The highest BCUT2D eigenvalue weighted by molar-refractivity contribution is 6.16. The Bertz CT molecular complexity index is 682. The zero-order valence-electron chi connectivity index (χ0n) is 11.5. The fourth-order valence-electron chi connectivity index (χ4n) is 2.33. The highest BCUT2D eigenvalue weighted by Gasteiger charge is 2.16. The molecule has 4 nitrogen and oxygen atoms in total. The maximum absolute atomic E-state index is 5.89. The summed E-state index contributed by atoms with van der Waals surface area (Å²) >= 11 is 0. The van der Waals surface area contributed by atoms with Crippen LogP contribution in [-0.4, -0.2) is 19.6 Å². The SMILES string of the molecule is CN=C1C=CC(N)=C/C1=C(/C)c1ccc2c(c1)OCO2. The minimum Gasteiger partial charge on any atom is -0.454 e. The van der Waals surface area contributed by atoms with E-state index in [1.165, 1.54) is 0 Å². The molecule has 102 valence electrons. The molecule has 0 fully saturated rings. The Morgan fingerprint density at radius 2 is 2.00 bits per heavy atom. The van der Waals surface area contributed by atoms with Gasteiger partial charge in [-0.05, 0) is 48.4 Å². The van der Waals surface area contributed by atoms with Crippen LogP contribution in [0.1, 0.15) is 12.5 Å². The second kappa shape index (κ2) is 4.89. The number of fused-ring (bicyclic) bond motifs is 1. The van der Waals surface area contributed by atoms with Crippen molar-refractivity contribution in [1.82, 2.24) is 0 Å². The van der Waals surface area contributed by atoms with E-state index in [4.69, 9.17) is 15.2 Å². The summed E-state index contributed by atoms with van der Waals surface area (Å²) in [6.07, 6.45) is 5.74. The number of aliphatic imine (C=N–C) groups is 1. The molecule has 0 spiro atoms. The predicted molar refractivity (Wildman–Crippen MR) is 79.9 cm³/mol. The summed E-state index contributed by atoms with van der Waals surface area (Å²) in [6, 6.07) is 5.93. The van der Waals surface area contributed by atoms with Gasteiger partial charge in [-0.3, -0.25) is 4.99 Å². The monoisotopic (exact) mass is 268 g/mol. The average Bonchev–Trinajstić information content (AvgIpc) is 2.93. The largest absolute Gasteiger partial charge is 0.454 e. The van der Waals surface area contributed by atoms with Crippen LogP contribution < -0.4 is 15.2 Å². The van der Waals surface area contributed by atoms with Crippen LogP contribution in [-0.2, 0) is 0 Å². The molecule has 0 radical (unpaired) electrons. The van der Waals surface area contributed by atoms with Gasteiger partial charge in [0.1, 0.15) is 0 Å². The van der Waals surface area contributed by atoms with Gasteiger partial charge in [0, 0.05) is 18.3 Å². The fourth-order valence-corrected chi connectivity index (χ4v) is 2.33. The molecule has 0 unspecified atom stereocenters. The number of hydrogen-bond acceptors (Lipinski definition) is 4. The highest BCUT2D eigenvalue weighted by Crippen LogP contribution is 2.35. The van der Waals surface area contributed by atoms with Crippen LogP contribution in [0.25, 0.3) is 5.57 Å². The standard InChI is InChI=1S/C16H16N2O2/c1-10(13-8-12(17)4-5-14(13)18-2)11-3-6-15-16(7-11)20-9-19-15/h3-8H,9,17H2,1-2H3/b13-10+,18-14?. The molecule has 3 rings (SSSR count). The lowest BCUT2D eigenvalue weighted by molar-refractivity contribution is 0.174. The Labute approximate surface area is 117 Å². The van der Waals surface area contributed by atoms with E-state index in [0.29, 0.717) is 0 Å². The first kappa shape index (κ1) is 12.5. The van der Waals surface area contributed by atoms with Crippen molar-refractivity contribution in [1.29, 1.82) is 0 Å². The Morgan fingerprint density at radius 3 is 2.80 bits per heavy atom. The zero-order valence-corrected chi connectivity index (χ0v) is 11.5. The molecule has 1 heterocycles. The number of nitrogens with two attached hydrogens (primary N) is 1. The molecular weight excluding hydrogens is 252 g/mol. The lowest BCUT2D eigenvalue weighted by atomic mass is 9.94. The van der Waals surface area contributed by atoms with Crippen LogP contribution >= 0.6 is 0 Å². The minimum atomic E-state index is 0.283. The lowest BCUT2D eigenvalue weighted by Crippen LogP contribution is -2.08. The van der Waals surface area contributed by atoms with Crippen molar-refractivity contribution in [3.8, 4) is 11.5 Å². The van der Waals surface area contributed by atoms with E-state index < -0.39 is 0 Å². The van der Waals surface area contributed by atoms with Crippen molar-refractivity contribution in [3.63, 3.8) is 0 Å². The number of rotatable bonds is 1. The first-order valence-corrected chi connectivity index (χ1v) is 6.42. The molecule has 0 saturated carbocycles. The number of nitrogens with zero attached hydrogens (tertiary/aromatic N) is 1. The first-order valence-electron chi connectivity index (χ1n) is 6.42. The van der Waals surface area contributed by atoms with Gasteiger partial charge in [-0.25, -0.2) is 0 Å². The van der Waals surface area contributed by atoms with Gasteiger partial charge in [-0.2, -0.15) is 0 Å². The second-order valence-electron chi connectivity index (χ2n) is 4.69. The highest BCUT2D eigenvalue weighted by atomic mass is 16.7. The third-order valence-corrected chi connectivity index (χ3v) is 3.47. The summed E-state index contributed by atoms with van der Waals surface area (Å²) in [5.41, 5.74) is 10.8. The summed E-state index contributed by atoms with van der Waals surface area (Å²) in [5.74, 6) is 1.57. The Morgan fingerprint density at radius 1 is 1.20 bits per heavy atom. The van der Waals surface area contributed by atoms with Crippen LogP contribution in [0.2, 0.25) is 0 Å². The zero-order chi connectivity index (χ0) is 14.1. The third-order valence-electron chi connectivity index (χ3n) is 3.47. The maximum Gasteiger partial charge on any atom is 0.231 e. The first-order chi connectivity index (χ1) is 9.69. The smallest absolute Gasteiger partial charge is 0.231 e. The van der Waals surface area contributed by atoms with Gasteiger partial charge >= 0.3 is 0 Å². The number of benzene rings is 1. The summed E-state index contributed by atoms with van der Waals surface area (Å²) in [4.78, 5) is 4.30. The van der Waals surface area contributed by atoms with Crippen molar-refractivity contribution in [2.75, 3.05) is 13.8 Å². The van der Waals surface area contributed by atoms with E-state index in [2.05, 4.69) is 11.9 Å². The van der Waals surface area contributed by atoms with E-state index in [9.17, 15) is 0 Å². The van der Waals surface area contributed by atoms with E-state index in [0.717, 1.165) is 39.6 Å². The summed E-state index contributed by atoms with van der Waals surface area (Å²) < 4.78 is 10.8. The van der Waals surface area contributed by atoms with E-state index in [-0.39, 0.29) is 6.79 Å². The Hall–Kier alpha value is -2.49. The number of hydrogen-bond donors (Lipinski definition) is 1. The minimum absolute atomic E-state index is 0.283. The van der Waals surface area contributed by atoms with Crippen molar-refractivity contribution in [3.05, 3.63) is 53.3 Å². The van der Waals surface area contributed by atoms with Crippen molar-refractivity contribution >= 4 is 11.3 Å². The van der Waals surface area contributed by atoms with Crippen molar-refractivity contribution < 1.29 is 9.47 Å². The third kappa shape index (κ3) is 2.09. The summed E-state index contributed by atoms with van der Waals surface area (Å²) in [6.45, 7) is 2.34. The van der Waals surface area contributed by atoms with Gasteiger partial charge in [0.25, 0.3) is 0 Å². The Kier molecular flexibility index (Phi) is 3.06. The van der Waals surface area contributed by atoms with E-state index in [1.807, 2.05) is 36.4 Å². The van der Waals surface area contributed by atoms with Crippen molar-refractivity contribution in [2.45, 2.75) is 6.92 Å². The summed E-state index contributed by atoms with van der Waals surface area (Å²) in [7, 11) is 1.78. The molecule has 0 bridgehead atoms. The predicted octanol–water partition coefficient (Wildman–Crippen LogP) is 2.67. The topological polar surface area (TPSA) is 56.8 Å². The molecule has 0 saturated heterocycles. The van der Waals surface area contributed by atoms with Gasteiger partial charge < -0.3 is 15.2 Å². The molecule has 2 aliphatic rings. The molecule has 2 N–H and O–H groups in total. The van der Waals surface area contributed by atoms with Gasteiger partial charge in [0.15, 0.2) is 11.5 Å². The molecular formula is C16H16N2O2. The molecule has 1 aliphatic heterocycles. The van der Waals surface area contributed by atoms with Crippen LogP contribution in [0.5, 0.6) is 11.5 Å². The lowest BCUT2D eigenvalue weighted by Gasteiger charge is -2.13. The Balaban J connectivity index is 2.08. The van der Waals surface area contributed by atoms with Crippen LogP contribution in [0, 0.1) is 0 Å². The van der Waals surface area contributed by atoms with Crippen LogP contribution in [0.4, 0.5) is 0 Å². The van der Waals surface area contributed by atoms with Gasteiger partial charge in [0.2, 0.25) is 6.79 Å². The summed E-state index contributed by atoms with van der Waals surface area (Å²) in [5, 5.41) is 0. The van der Waals surface area contributed by atoms with Crippen molar-refractivity contribution in [2.24, 2.45) is 10.7 Å². The molecule has 1 aliphatic carbocycles. The van der Waals surface area contributed by atoms with E-state index >= 15 is 0 Å². The van der Waals surface area contributed by atoms with Gasteiger partial charge in [-0.1, -0.05) is 6.07 Å². The van der Waals surface area contributed by atoms with Gasteiger partial charge in [0.05, 0.1) is 5.71 Å². The number of ether oxygens (including phenoxy) is 2. The normalized spacial score (nSPS) is 21.1. The molecule has 0 aromatic heterocycles. The molecule has 0 amide bonds. The van der Waals surface area contributed by atoms with Gasteiger partial charge in [-0.15, -0.1) is 0 Å². The molecule has 0 atom stereocenters. The maximum atomic E-state index is 5.89.